The molecule has 0 spiro atoms. The number of rotatable bonds is 5. The van der Waals surface area contributed by atoms with Crippen LogP contribution in [0.3, 0.4) is 0 Å². The van der Waals surface area contributed by atoms with E-state index in [1.54, 1.807) is 6.92 Å². The fraction of sp³-hybridized carbons (Fsp3) is 0.444. The predicted molar refractivity (Wildman–Crippen MR) is 146 cm³/mol. The van der Waals surface area contributed by atoms with Crippen LogP contribution in [0.25, 0.3) is 0 Å². The molecule has 6 atom stereocenters. The average Bonchev–Trinajstić information content (AvgIpc) is 2.94. The second kappa shape index (κ2) is 12.1. The number of carbonyl (C=O) groups excluding carboxylic acids is 3. The molecule has 0 bridgehead atoms. The molecule has 0 saturated carbocycles. The van der Waals surface area contributed by atoms with Crippen LogP contribution in [0.4, 0.5) is 0 Å². The van der Waals surface area contributed by atoms with Crippen molar-refractivity contribution in [3.05, 3.63) is 51.6 Å². The van der Waals surface area contributed by atoms with Gasteiger partial charge >= 0.3 is 10.4 Å². The van der Waals surface area contributed by atoms with Crippen molar-refractivity contribution in [2.45, 2.75) is 62.4 Å². The van der Waals surface area contributed by atoms with Crippen molar-refractivity contribution in [2.24, 2.45) is 5.73 Å². The molecule has 2 aliphatic carbocycles. The van der Waals surface area contributed by atoms with E-state index in [-0.39, 0.29) is 34.4 Å². The molecule has 2 aromatic rings. The van der Waals surface area contributed by atoms with Gasteiger partial charge in [0.2, 0.25) is 5.78 Å². The molecule has 1 aliphatic heterocycles. The Balaban J connectivity index is 0.000000818. The Morgan fingerprint density at radius 1 is 1.11 bits per heavy atom. The van der Waals surface area contributed by atoms with E-state index >= 15 is 0 Å². The number of benzene rings is 2. The summed E-state index contributed by atoms with van der Waals surface area (Å²) in [6.07, 6.45) is -5.12. The van der Waals surface area contributed by atoms with Gasteiger partial charge in [-0.15, -0.1) is 0 Å². The largest absolute Gasteiger partial charge is 0.507 e. The Morgan fingerprint density at radius 2 is 1.73 bits per heavy atom. The van der Waals surface area contributed by atoms with Gasteiger partial charge in [0.25, 0.3) is 0 Å². The summed E-state index contributed by atoms with van der Waals surface area (Å²) in [7, 11) is -3.34. The SMILES string of the molecule is COc1cccc2c1C(=O)c1c(O)c3c(c(O)c1C2=O)C[C@@](O)(C(=O)CO)C[C@@H]3O[C@H]1C[C@H](N)[C@H](O)[C@H](C)O1.O=S(=O)(O)O. The number of ketones is 3. The summed E-state index contributed by atoms with van der Waals surface area (Å²) in [5, 5.41) is 53.7. The zero-order valence-electron chi connectivity index (χ0n) is 23.3. The number of carbonyl (C=O) groups is 3. The normalized spacial score (nSPS) is 27.8. The summed E-state index contributed by atoms with van der Waals surface area (Å²) in [5.41, 5.74) is 2.37. The highest BCUT2D eigenvalue weighted by molar-refractivity contribution is 7.79. The van der Waals surface area contributed by atoms with E-state index in [2.05, 4.69) is 0 Å². The van der Waals surface area contributed by atoms with Crippen LogP contribution in [0.2, 0.25) is 0 Å². The molecule has 240 valence electrons. The number of hydrogen-bond donors (Lipinski definition) is 8. The first-order valence-electron chi connectivity index (χ1n) is 13.1. The fourth-order valence-corrected chi connectivity index (χ4v) is 5.75. The van der Waals surface area contributed by atoms with Gasteiger partial charge in [-0.05, 0) is 13.0 Å². The summed E-state index contributed by atoms with van der Waals surface area (Å²) in [4.78, 5) is 39.7. The van der Waals surface area contributed by atoms with Crippen molar-refractivity contribution in [1.29, 1.82) is 0 Å². The van der Waals surface area contributed by atoms with E-state index < -0.39 is 106 Å². The van der Waals surface area contributed by atoms with Crippen molar-refractivity contribution in [3.8, 4) is 17.2 Å². The Hall–Kier alpha value is -3.52. The molecule has 1 saturated heterocycles. The molecule has 9 N–H and O–H groups in total. The van der Waals surface area contributed by atoms with Crippen LogP contribution in [-0.2, 0) is 31.1 Å². The maximum absolute atomic E-state index is 13.6. The lowest BCUT2D eigenvalue weighted by Gasteiger charge is -2.42. The minimum absolute atomic E-state index is 0.0173. The monoisotopic (exact) mass is 641 g/mol. The number of ether oxygens (including phenoxy) is 3. The molecule has 17 heteroatoms. The van der Waals surface area contributed by atoms with Gasteiger partial charge in [-0.2, -0.15) is 8.42 Å². The van der Waals surface area contributed by atoms with E-state index in [0.717, 1.165) is 0 Å². The number of nitrogens with two attached hydrogens (primary N) is 1. The molecule has 1 heterocycles. The first kappa shape index (κ1) is 33.4. The summed E-state index contributed by atoms with van der Waals surface area (Å²) in [5.74, 6) is -3.77. The van der Waals surface area contributed by atoms with Crippen molar-refractivity contribution in [3.63, 3.8) is 0 Å². The van der Waals surface area contributed by atoms with E-state index in [9.17, 15) is 39.9 Å². The Labute approximate surface area is 250 Å². The molecule has 0 amide bonds. The standard InChI is InChI=1S/C27H29NO11.H2O4S/c1-10-22(31)13(28)6-17(38-10)39-15-8-27(36,16(30)9-29)7-12-19(15)26(35)21-20(24(12)33)23(32)11-4-3-5-14(37-2)18(11)25(21)34;1-5(2,3)4/h3-5,10,13,15,17,22,29,31,33,35-36H,6-9,28H2,1-2H3;(H2,1,2,3,4)/t10-,13-,15-,17-,22+,27-;/m0./s1. The quantitative estimate of drug-likeness (QED) is 0.127. The van der Waals surface area contributed by atoms with E-state index in [0.29, 0.717) is 0 Å². The fourth-order valence-electron chi connectivity index (χ4n) is 5.75. The third-order valence-corrected chi connectivity index (χ3v) is 7.81. The number of Topliss-reactive ketones (excluding diaryl/α,β-unsaturated/α-hetero) is 1. The van der Waals surface area contributed by atoms with Crippen LogP contribution >= 0.6 is 0 Å². The molecular formula is C27H31NO15S. The van der Waals surface area contributed by atoms with Gasteiger partial charge < -0.3 is 45.5 Å². The lowest BCUT2D eigenvalue weighted by Crippen LogP contribution is -2.53. The number of phenolic OH excluding ortho intramolecular Hbond substituents is 2. The number of aromatic hydroxyl groups is 2. The Morgan fingerprint density at radius 3 is 2.30 bits per heavy atom. The van der Waals surface area contributed by atoms with Crippen LogP contribution in [0, 0.1) is 0 Å². The number of phenols is 2. The third-order valence-electron chi connectivity index (χ3n) is 7.81. The van der Waals surface area contributed by atoms with E-state index in [1.807, 2.05) is 0 Å². The van der Waals surface area contributed by atoms with Gasteiger partial charge in [0, 0.05) is 42.0 Å². The zero-order chi connectivity index (χ0) is 32.9. The van der Waals surface area contributed by atoms with E-state index in [4.69, 9.17) is 37.5 Å². The molecule has 44 heavy (non-hydrogen) atoms. The lowest BCUT2D eigenvalue weighted by atomic mass is 9.72. The van der Waals surface area contributed by atoms with E-state index in [1.165, 1.54) is 25.3 Å². The second-order valence-corrected chi connectivity index (χ2v) is 11.5. The maximum atomic E-state index is 13.6. The minimum atomic E-state index is -4.67. The molecule has 2 aromatic carbocycles. The molecule has 5 rings (SSSR count). The highest BCUT2D eigenvalue weighted by Gasteiger charge is 2.50. The number of fused-ring (bicyclic) bond motifs is 3. The summed E-state index contributed by atoms with van der Waals surface area (Å²) < 4.78 is 48.6. The van der Waals surface area contributed by atoms with Crippen molar-refractivity contribution >= 4 is 27.7 Å². The first-order valence-corrected chi connectivity index (χ1v) is 14.5. The summed E-state index contributed by atoms with van der Waals surface area (Å²) in [6.45, 7) is 0.560. The average molecular weight is 642 g/mol. The van der Waals surface area contributed by atoms with Crippen LogP contribution in [0.1, 0.15) is 68.8 Å². The molecule has 3 aliphatic rings. The number of aliphatic hydroxyl groups excluding tert-OH is 2. The smallest absolute Gasteiger partial charge is 0.394 e. The van der Waals surface area contributed by atoms with Crippen molar-refractivity contribution in [1.82, 2.24) is 0 Å². The van der Waals surface area contributed by atoms with Gasteiger partial charge in [-0.25, -0.2) is 0 Å². The maximum Gasteiger partial charge on any atom is 0.394 e. The molecule has 0 radical (unpaired) electrons. The summed E-state index contributed by atoms with van der Waals surface area (Å²) >= 11 is 0. The third kappa shape index (κ3) is 6.06. The topological polar surface area (TPSA) is 281 Å². The second-order valence-electron chi connectivity index (χ2n) is 10.6. The molecule has 0 unspecified atom stereocenters. The van der Waals surface area contributed by atoms with Gasteiger partial charge in [0.1, 0.15) is 29.5 Å². The van der Waals surface area contributed by atoms with Gasteiger partial charge in [0.15, 0.2) is 17.9 Å². The van der Waals surface area contributed by atoms with Gasteiger partial charge in [0.05, 0.1) is 42.1 Å². The Bertz CT molecular complexity index is 1600. The Kier molecular flexibility index (Phi) is 9.19. The van der Waals surface area contributed by atoms with Crippen molar-refractivity contribution < 1.29 is 71.7 Å². The lowest BCUT2D eigenvalue weighted by molar-refractivity contribution is -0.247. The zero-order valence-corrected chi connectivity index (χ0v) is 24.1. The van der Waals surface area contributed by atoms with Crippen LogP contribution in [-0.4, -0.2) is 104 Å². The number of methoxy groups -OCH3 is 1. The highest BCUT2D eigenvalue weighted by atomic mass is 32.3. The van der Waals surface area contributed by atoms with Crippen LogP contribution in [0.15, 0.2) is 18.2 Å². The molecular weight excluding hydrogens is 610 g/mol. The van der Waals surface area contributed by atoms with Gasteiger partial charge in [-0.3, -0.25) is 23.5 Å². The van der Waals surface area contributed by atoms with Gasteiger partial charge in [-0.1, -0.05) is 12.1 Å². The number of hydrogen-bond acceptors (Lipinski definition) is 14. The predicted octanol–water partition coefficient (Wildman–Crippen LogP) is -0.651. The first-order chi connectivity index (χ1) is 20.4. The summed E-state index contributed by atoms with van der Waals surface area (Å²) in [6, 6.07) is 3.64. The van der Waals surface area contributed by atoms with Crippen molar-refractivity contribution in [2.75, 3.05) is 13.7 Å². The molecule has 16 nitrogen and oxygen atoms in total. The minimum Gasteiger partial charge on any atom is -0.507 e. The van der Waals surface area contributed by atoms with Crippen LogP contribution < -0.4 is 10.5 Å². The molecule has 0 aromatic heterocycles. The highest BCUT2D eigenvalue weighted by Crippen LogP contribution is 2.52. The molecule has 1 fully saturated rings. The van der Waals surface area contributed by atoms with Crippen LogP contribution in [0.5, 0.6) is 17.2 Å². The number of aliphatic hydroxyl groups is 3.